The lowest BCUT2D eigenvalue weighted by Crippen LogP contribution is -2.13. The number of amides is 1. The van der Waals surface area contributed by atoms with Gasteiger partial charge in [0.25, 0.3) is 5.91 Å². The Morgan fingerprint density at radius 2 is 2.08 bits per heavy atom. The van der Waals surface area contributed by atoms with Crippen LogP contribution in [0.4, 0.5) is 10.1 Å². The number of aromatic amines is 1. The quantitative estimate of drug-likeness (QED) is 0.594. The first kappa shape index (κ1) is 15.6. The number of carboxylic acids is 1. The summed E-state index contributed by atoms with van der Waals surface area (Å²) in [5.41, 5.74) is 2.48. The van der Waals surface area contributed by atoms with Gasteiger partial charge >= 0.3 is 5.97 Å². The van der Waals surface area contributed by atoms with Crippen molar-refractivity contribution in [2.24, 2.45) is 10.2 Å². The summed E-state index contributed by atoms with van der Waals surface area (Å²) in [7, 11) is 0. The van der Waals surface area contributed by atoms with Gasteiger partial charge in [0.2, 0.25) is 0 Å². The van der Waals surface area contributed by atoms with Crippen LogP contribution >= 0.6 is 0 Å². The Kier molecular flexibility index (Phi) is 3.72. The molecule has 24 heavy (non-hydrogen) atoms. The third-order valence-electron chi connectivity index (χ3n) is 3.73. The molecule has 2 heterocycles. The summed E-state index contributed by atoms with van der Waals surface area (Å²) in [5, 5.41) is 19.4. The SMILES string of the molecule is Cc1[nH]c(/C=N/N=C2\C(=O)Nc3ccc(F)cc32)c(C)c1C(=O)O. The van der Waals surface area contributed by atoms with Gasteiger partial charge in [-0.15, -0.1) is 5.10 Å². The van der Waals surface area contributed by atoms with Crippen LogP contribution in [0.3, 0.4) is 0 Å². The second kappa shape index (κ2) is 5.73. The highest BCUT2D eigenvalue weighted by atomic mass is 19.1. The van der Waals surface area contributed by atoms with Gasteiger partial charge < -0.3 is 15.4 Å². The molecule has 0 fully saturated rings. The van der Waals surface area contributed by atoms with E-state index in [1.54, 1.807) is 13.8 Å². The van der Waals surface area contributed by atoms with Crippen LogP contribution in [0.1, 0.15) is 32.9 Å². The lowest BCUT2D eigenvalue weighted by atomic mass is 10.1. The number of rotatable bonds is 3. The first-order chi connectivity index (χ1) is 11.4. The Morgan fingerprint density at radius 1 is 1.33 bits per heavy atom. The van der Waals surface area contributed by atoms with Crippen LogP contribution in [-0.2, 0) is 4.79 Å². The summed E-state index contributed by atoms with van der Waals surface area (Å²) in [6, 6.07) is 3.89. The third-order valence-corrected chi connectivity index (χ3v) is 3.73. The average Bonchev–Trinajstić information content (AvgIpc) is 2.96. The lowest BCUT2D eigenvalue weighted by Gasteiger charge is -1.96. The zero-order chi connectivity index (χ0) is 17.4. The van der Waals surface area contributed by atoms with Gasteiger partial charge in [0, 0.05) is 11.3 Å². The molecule has 3 rings (SSSR count). The Morgan fingerprint density at radius 3 is 2.75 bits per heavy atom. The maximum atomic E-state index is 13.3. The number of nitrogens with one attached hydrogen (secondary N) is 2. The monoisotopic (exact) mass is 328 g/mol. The van der Waals surface area contributed by atoms with E-state index in [2.05, 4.69) is 20.5 Å². The van der Waals surface area contributed by atoms with E-state index in [1.807, 2.05) is 0 Å². The van der Waals surface area contributed by atoms with Gasteiger partial charge in [-0.1, -0.05) is 0 Å². The Bertz CT molecular complexity index is 928. The highest BCUT2D eigenvalue weighted by Crippen LogP contribution is 2.24. The summed E-state index contributed by atoms with van der Waals surface area (Å²) in [4.78, 5) is 25.9. The van der Waals surface area contributed by atoms with Crippen LogP contribution in [0.2, 0.25) is 0 Å². The van der Waals surface area contributed by atoms with Gasteiger partial charge in [-0.2, -0.15) is 5.10 Å². The molecule has 2 aromatic rings. The molecule has 7 nitrogen and oxygen atoms in total. The van der Waals surface area contributed by atoms with Gasteiger partial charge in [-0.05, 0) is 37.6 Å². The van der Waals surface area contributed by atoms with Crippen LogP contribution in [-0.4, -0.2) is 33.9 Å². The van der Waals surface area contributed by atoms with E-state index in [9.17, 15) is 14.0 Å². The van der Waals surface area contributed by atoms with Gasteiger partial charge in [-0.3, -0.25) is 4.79 Å². The fraction of sp³-hybridized carbons (Fsp3) is 0.125. The Labute approximate surface area is 135 Å². The number of halogens is 1. The van der Waals surface area contributed by atoms with Crippen molar-refractivity contribution in [2.45, 2.75) is 13.8 Å². The number of hydrogen-bond acceptors (Lipinski definition) is 4. The van der Waals surface area contributed by atoms with Gasteiger partial charge in [0.05, 0.1) is 23.2 Å². The molecular weight excluding hydrogens is 315 g/mol. The van der Waals surface area contributed by atoms with E-state index in [0.717, 1.165) is 0 Å². The van der Waals surface area contributed by atoms with E-state index >= 15 is 0 Å². The van der Waals surface area contributed by atoms with E-state index in [1.165, 1.54) is 24.4 Å². The average molecular weight is 328 g/mol. The van der Waals surface area contributed by atoms with E-state index in [-0.39, 0.29) is 11.3 Å². The van der Waals surface area contributed by atoms with Crippen molar-refractivity contribution in [1.29, 1.82) is 0 Å². The first-order valence-corrected chi connectivity index (χ1v) is 7.03. The number of aryl methyl sites for hydroxylation is 1. The number of benzene rings is 1. The molecule has 0 atom stereocenters. The maximum Gasteiger partial charge on any atom is 0.337 e. The molecule has 1 aromatic carbocycles. The minimum atomic E-state index is -1.04. The number of hydrogen-bond donors (Lipinski definition) is 3. The number of carboxylic acid groups (broad SMARTS) is 1. The normalized spacial score (nSPS) is 15.1. The summed E-state index contributed by atoms with van der Waals surface area (Å²) in [6.45, 7) is 3.29. The van der Waals surface area contributed by atoms with Crippen LogP contribution in [0, 0.1) is 19.7 Å². The molecule has 0 aliphatic carbocycles. The van der Waals surface area contributed by atoms with Crippen molar-refractivity contribution in [3.05, 3.63) is 52.1 Å². The van der Waals surface area contributed by atoms with E-state index in [0.29, 0.717) is 28.2 Å². The number of nitrogens with zero attached hydrogens (tertiary/aromatic N) is 2. The molecule has 3 N–H and O–H groups in total. The van der Waals surface area contributed by atoms with Crippen molar-refractivity contribution < 1.29 is 19.1 Å². The smallest absolute Gasteiger partial charge is 0.337 e. The number of anilines is 1. The number of carbonyl (C=O) groups is 2. The zero-order valence-electron chi connectivity index (χ0n) is 12.8. The van der Waals surface area contributed by atoms with Crippen molar-refractivity contribution in [2.75, 3.05) is 5.32 Å². The van der Waals surface area contributed by atoms with Gasteiger partial charge in [0.1, 0.15) is 5.82 Å². The summed E-state index contributed by atoms with van der Waals surface area (Å²) in [5.74, 6) is -1.99. The molecule has 1 aromatic heterocycles. The molecule has 0 spiro atoms. The molecule has 1 amide bonds. The number of carbonyl (C=O) groups excluding carboxylic acids is 1. The Hall–Kier alpha value is -3.29. The first-order valence-electron chi connectivity index (χ1n) is 7.03. The van der Waals surface area contributed by atoms with E-state index < -0.39 is 17.7 Å². The lowest BCUT2D eigenvalue weighted by molar-refractivity contribution is -0.110. The van der Waals surface area contributed by atoms with Crippen molar-refractivity contribution >= 4 is 29.5 Å². The predicted molar refractivity (Wildman–Crippen MR) is 86.4 cm³/mol. The molecule has 0 saturated carbocycles. The molecule has 8 heteroatoms. The second-order valence-corrected chi connectivity index (χ2v) is 5.31. The van der Waals surface area contributed by atoms with Crippen LogP contribution in [0.15, 0.2) is 28.4 Å². The fourth-order valence-electron chi connectivity index (χ4n) is 2.59. The number of aromatic nitrogens is 1. The van der Waals surface area contributed by atoms with Crippen LogP contribution in [0.5, 0.6) is 0 Å². The molecule has 1 aliphatic rings. The third kappa shape index (κ3) is 2.58. The topological polar surface area (TPSA) is 107 Å². The van der Waals surface area contributed by atoms with Gasteiger partial charge in [-0.25, -0.2) is 9.18 Å². The number of H-pyrrole nitrogens is 1. The van der Waals surface area contributed by atoms with Crippen molar-refractivity contribution in [1.82, 2.24) is 4.98 Å². The minimum Gasteiger partial charge on any atom is -0.478 e. The second-order valence-electron chi connectivity index (χ2n) is 5.31. The molecule has 0 unspecified atom stereocenters. The highest BCUT2D eigenvalue weighted by molar-refractivity contribution is 6.53. The van der Waals surface area contributed by atoms with E-state index in [4.69, 9.17) is 5.11 Å². The zero-order valence-corrected chi connectivity index (χ0v) is 12.8. The summed E-state index contributed by atoms with van der Waals surface area (Å²) < 4.78 is 13.3. The number of aromatic carboxylic acids is 1. The standard InChI is InChI=1S/C16H13FN4O3/c1-7-12(19-8(2)13(7)16(23)24)6-18-21-14-10-5-9(17)3-4-11(10)20-15(14)22/h3-6,19H,1-2H3,(H,23,24)(H,20,21,22)/b18-6+. The predicted octanol–water partition coefficient (Wildman–Crippen LogP) is 2.24. The highest BCUT2D eigenvalue weighted by Gasteiger charge is 2.26. The maximum absolute atomic E-state index is 13.3. The minimum absolute atomic E-state index is 0.000129. The Balaban J connectivity index is 1.94. The largest absolute Gasteiger partial charge is 0.478 e. The molecular formula is C16H13FN4O3. The molecule has 1 aliphatic heterocycles. The fourth-order valence-corrected chi connectivity index (χ4v) is 2.59. The summed E-state index contributed by atoms with van der Waals surface area (Å²) >= 11 is 0. The van der Waals surface area contributed by atoms with Crippen molar-refractivity contribution in [3.8, 4) is 0 Å². The molecule has 0 radical (unpaired) electrons. The van der Waals surface area contributed by atoms with Crippen molar-refractivity contribution in [3.63, 3.8) is 0 Å². The van der Waals surface area contributed by atoms with Crippen LogP contribution < -0.4 is 5.32 Å². The van der Waals surface area contributed by atoms with Gasteiger partial charge in [0.15, 0.2) is 5.71 Å². The van der Waals surface area contributed by atoms with Crippen LogP contribution in [0.25, 0.3) is 0 Å². The molecule has 0 bridgehead atoms. The molecule has 122 valence electrons. The molecule has 0 saturated heterocycles. The number of fused-ring (bicyclic) bond motifs is 1. The summed E-state index contributed by atoms with van der Waals surface area (Å²) in [6.07, 6.45) is 1.33.